The minimum Gasteiger partial charge on any atom is -0.378 e. The van der Waals surface area contributed by atoms with E-state index in [0.29, 0.717) is 12.1 Å². The van der Waals surface area contributed by atoms with E-state index in [2.05, 4.69) is 5.10 Å². The average molecular weight is 327 g/mol. The van der Waals surface area contributed by atoms with Crippen LogP contribution in [0.3, 0.4) is 0 Å². The van der Waals surface area contributed by atoms with Gasteiger partial charge in [-0.2, -0.15) is 18.3 Å². The number of halogens is 3. The molecule has 0 fully saturated rings. The average Bonchev–Trinajstić information content (AvgIpc) is 2.52. The summed E-state index contributed by atoms with van der Waals surface area (Å²) in [6, 6.07) is 9.14. The van der Waals surface area contributed by atoms with Crippen molar-refractivity contribution >= 4 is 0 Å². The smallest absolute Gasteiger partial charge is 0.378 e. The second kappa shape index (κ2) is 7.38. The number of nitrogens with two attached hydrogens (primary N) is 1. The van der Waals surface area contributed by atoms with Gasteiger partial charge >= 0.3 is 6.18 Å². The summed E-state index contributed by atoms with van der Waals surface area (Å²) in [5, 5.41) is 4.01. The third kappa shape index (κ3) is 4.40. The maximum absolute atomic E-state index is 13.1. The highest BCUT2D eigenvalue weighted by atomic mass is 19.4. The first-order chi connectivity index (χ1) is 10.9. The highest BCUT2D eigenvalue weighted by Crippen LogP contribution is 2.28. The van der Waals surface area contributed by atoms with Gasteiger partial charge in [-0.3, -0.25) is 4.79 Å². The highest BCUT2D eigenvalue weighted by Gasteiger charge is 2.35. The first-order valence-corrected chi connectivity index (χ1v) is 6.96. The number of hydrogen-bond donors (Lipinski definition) is 1. The molecule has 0 radical (unpaired) electrons. The van der Waals surface area contributed by atoms with Crippen molar-refractivity contribution in [2.24, 2.45) is 5.73 Å². The van der Waals surface area contributed by atoms with Crippen LogP contribution in [-0.4, -0.2) is 29.5 Å². The summed E-state index contributed by atoms with van der Waals surface area (Å²) < 4.78 is 45.1. The summed E-state index contributed by atoms with van der Waals surface area (Å²) in [6.45, 7) is 0.529. The molecule has 2 rings (SSSR count). The topological polar surface area (TPSA) is 70.1 Å². The molecule has 0 aliphatic rings. The number of alkyl halides is 3. The maximum atomic E-state index is 13.1. The summed E-state index contributed by atoms with van der Waals surface area (Å²) in [5.74, 6) is 0. The van der Waals surface area contributed by atoms with Crippen molar-refractivity contribution in [2.75, 3.05) is 19.8 Å². The molecule has 2 N–H and O–H groups in total. The van der Waals surface area contributed by atoms with Crippen molar-refractivity contribution < 1.29 is 17.9 Å². The predicted octanol–water partition coefficient (Wildman–Crippen LogP) is 1.90. The molecule has 1 aromatic carbocycles. The second-order valence-electron chi connectivity index (χ2n) is 4.74. The third-order valence-electron chi connectivity index (χ3n) is 3.06. The third-order valence-corrected chi connectivity index (χ3v) is 3.06. The van der Waals surface area contributed by atoms with E-state index in [-0.39, 0.29) is 25.5 Å². The lowest BCUT2D eigenvalue weighted by molar-refractivity contribution is -0.139. The molecule has 0 bridgehead atoms. The lowest BCUT2D eigenvalue weighted by atomic mass is 10.1. The van der Waals surface area contributed by atoms with E-state index in [1.54, 1.807) is 30.3 Å². The fraction of sp³-hybridized carbons (Fsp3) is 0.333. The molecular formula is C15H16F3N3O2. The summed E-state index contributed by atoms with van der Waals surface area (Å²) in [6.07, 6.45) is -4.75. The molecule has 0 saturated carbocycles. The normalized spacial score (nSPS) is 11.7. The van der Waals surface area contributed by atoms with Gasteiger partial charge in [-0.05, 0) is 6.07 Å². The molecule has 0 atom stereocenters. The first kappa shape index (κ1) is 17.2. The highest BCUT2D eigenvalue weighted by molar-refractivity contribution is 5.59. The Morgan fingerprint density at radius 1 is 1.17 bits per heavy atom. The Balaban J connectivity index is 2.42. The largest absolute Gasteiger partial charge is 0.421 e. The van der Waals surface area contributed by atoms with Crippen molar-refractivity contribution in [3.05, 3.63) is 52.3 Å². The van der Waals surface area contributed by atoms with Gasteiger partial charge in [0.25, 0.3) is 5.56 Å². The van der Waals surface area contributed by atoms with Gasteiger partial charge in [0.05, 0.1) is 25.5 Å². The van der Waals surface area contributed by atoms with Crippen LogP contribution < -0.4 is 11.3 Å². The number of ether oxygens (including phenoxy) is 1. The molecule has 0 amide bonds. The molecule has 0 spiro atoms. The number of aromatic nitrogens is 2. The van der Waals surface area contributed by atoms with Crippen LogP contribution in [0.4, 0.5) is 13.2 Å². The van der Waals surface area contributed by atoms with Crippen LogP contribution in [0.2, 0.25) is 0 Å². The second-order valence-corrected chi connectivity index (χ2v) is 4.74. The Morgan fingerprint density at radius 2 is 1.87 bits per heavy atom. The Kier molecular flexibility index (Phi) is 5.51. The minimum atomic E-state index is -4.75. The van der Waals surface area contributed by atoms with Crippen LogP contribution in [0.1, 0.15) is 5.56 Å². The lowest BCUT2D eigenvalue weighted by Crippen LogP contribution is -2.32. The maximum Gasteiger partial charge on any atom is 0.421 e. The van der Waals surface area contributed by atoms with Crippen molar-refractivity contribution in [1.82, 2.24) is 9.78 Å². The number of benzene rings is 1. The molecule has 124 valence electrons. The van der Waals surface area contributed by atoms with Crippen molar-refractivity contribution in [3.63, 3.8) is 0 Å². The molecule has 8 heteroatoms. The quantitative estimate of drug-likeness (QED) is 0.823. The summed E-state index contributed by atoms with van der Waals surface area (Å²) >= 11 is 0. The van der Waals surface area contributed by atoms with E-state index in [4.69, 9.17) is 10.5 Å². The standard InChI is InChI=1S/C15H16F3N3O2/c16-15(17,18)12-10-13(11-4-2-1-3-5-11)20-21(14(12)22)7-9-23-8-6-19/h1-5,10H,6-9,19H2. The molecule has 0 unspecified atom stereocenters. The van der Waals surface area contributed by atoms with E-state index < -0.39 is 17.3 Å². The van der Waals surface area contributed by atoms with Gasteiger partial charge in [-0.1, -0.05) is 30.3 Å². The molecule has 1 heterocycles. The van der Waals surface area contributed by atoms with Crippen LogP contribution in [0.15, 0.2) is 41.2 Å². The van der Waals surface area contributed by atoms with Crippen molar-refractivity contribution in [2.45, 2.75) is 12.7 Å². The lowest BCUT2D eigenvalue weighted by Gasteiger charge is -2.12. The van der Waals surface area contributed by atoms with Gasteiger partial charge in [-0.15, -0.1) is 0 Å². The van der Waals surface area contributed by atoms with Crippen LogP contribution in [-0.2, 0) is 17.5 Å². The molecular weight excluding hydrogens is 311 g/mol. The summed E-state index contributed by atoms with van der Waals surface area (Å²) in [7, 11) is 0. The van der Waals surface area contributed by atoms with Crippen LogP contribution in [0, 0.1) is 0 Å². The van der Waals surface area contributed by atoms with Gasteiger partial charge in [-0.25, -0.2) is 4.68 Å². The van der Waals surface area contributed by atoms with E-state index >= 15 is 0 Å². The van der Waals surface area contributed by atoms with Gasteiger partial charge in [0.15, 0.2) is 0 Å². The number of hydrogen-bond acceptors (Lipinski definition) is 4. The molecule has 23 heavy (non-hydrogen) atoms. The van der Waals surface area contributed by atoms with Gasteiger partial charge < -0.3 is 10.5 Å². The van der Waals surface area contributed by atoms with E-state index in [0.717, 1.165) is 10.7 Å². The fourth-order valence-electron chi connectivity index (χ4n) is 1.98. The number of rotatable bonds is 6. The molecule has 0 aliphatic carbocycles. The summed E-state index contributed by atoms with van der Waals surface area (Å²) in [5.41, 5.74) is 3.40. The Hall–Kier alpha value is -2.19. The van der Waals surface area contributed by atoms with E-state index in [9.17, 15) is 18.0 Å². The van der Waals surface area contributed by atoms with Crippen molar-refractivity contribution in [1.29, 1.82) is 0 Å². The zero-order valence-corrected chi connectivity index (χ0v) is 12.2. The minimum absolute atomic E-state index is 0.0552. The Bertz CT molecular complexity index is 699. The molecule has 5 nitrogen and oxygen atoms in total. The predicted molar refractivity (Wildman–Crippen MR) is 78.8 cm³/mol. The Morgan fingerprint density at radius 3 is 2.48 bits per heavy atom. The van der Waals surface area contributed by atoms with Crippen molar-refractivity contribution in [3.8, 4) is 11.3 Å². The van der Waals surface area contributed by atoms with Crippen LogP contribution >= 0.6 is 0 Å². The van der Waals surface area contributed by atoms with Crippen LogP contribution in [0.5, 0.6) is 0 Å². The Labute approximate surface area is 130 Å². The zero-order chi connectivity index (χ0) is 16.9. The molecule has 1 aromatic heterocycles. The SMILES string of the molecule is NCCOCCn1nc(-c2ccccc2)cc(C(F)(F)F)c1=O. The van der Waals surface area contributed by atoms with Gasteiger partial charge in [0.1, 0.15) is 5.56 Å². The first-order valence-electron chi connectivity index (χ1n) is 6.96. The molecule has 0 aliphatic heterocycles. The summed E-state index contributed by atoms with van der Waals surface area (Å²) in [4.78, 5) is 12.0. The van der Waals surface area contributed by atoms with E-state index in [1.165, 1.54) is 0 Å². The van der Waals surface area contributed by atoms with Gasteiger partial charge in [0.2, 0.25) is 0 Å². The zero-order valence-electron chi connectivity index (χ0n) is 12.2. The van der Waals surface area contributed by atoms with Crippen LogP contribution in [0.25, 0.3) is 11.3 Å². The number of nitrogens with zero attached hydrogens (tertiary/aromatic N) is 2. The van der Waals surface area contributed by atoms with E-state index in [1.807, 2.05) is 0 Å². The molecule has 2 aromatic rings. The monoisotopic (exact) mass is 327 g/mol. The van der Waals surface area contributed by atoms with Gasteiger partial charge in [0, 0.05) is 12.1 Å². The fourth-order valence-corrected chi connectivity index (χ4v) is 1.98. The molecule has 0 saturated heterocycles.